The van der Waals surface area contributed by atoms with Gasteiger partial charge in [-0.15, -0.1) is 0 Å². The molecule has 3 nitrogen and oxygen atoms in total. The van der Waals surface area contributed by atoms with Crippen molar-refractivity contribution >= 4 is 6.09 Å². The maximum Gasteiger partial charge on any atom is 0.402 e. The lowest BCUT2D eigenvalue weighted by Crippen LogP contribution is -2.53. The first-order valence-corrected chi connectivity index (χ1v) is 13.6. The van der Waals surface area contributed by atoms with E-state index in [0.717, 1.165) is 41.4 Å². The molecule has 0 spiro atoms. The van der Waals surface area contributed by atoms with Gasteiger partial charge in [0.25, 0.3) is 0 Å². The van der Waals surface area contributed by atoms with Gasteiger partial charge in [0, 0.05) is 0 Å². The van der Waals surface area contributed by atoms with E-state index in [-0.39, 0.29) is 0 Å². The zero-order chi connectivity index (χ0) is 22.8. The summed E-state index contributed by atoms with van der Waals surface area (Å²) in [7, 11) is 0. The summed E-state index contributed by atoms with van der Waals surface area (Å²) in [6, 6.07) is 0. The fourth-order valence-corrected chi connectivity index (χ4v) is 9.32. The zero-order valence-electron chi connectivity index (χ0n) is 21.2. The van der Waals surface area contributed by atoms with Gasteiger partial charge in [0.2, 0.25) is 0 Å². The molecule has 0 saturated heterocycles. The molecule has 0 heterocycles. The highest BCUT2D eigenvalue weighted by atomic mass is 16.4. The summed E-state index contributed by atoms with van der Waals surface area (Å²) >= 11 is 0. The summed E-state index contributed by atoms with van der Waals surface area (Å²) in [6.45, 7) is 12.9. The van der Waals surface area contributed by atoms with Crippen molar-refractivity contribution in [3.05, 3.63) is 0 Å². The number of primary amides is 1. The van der Waals surface area contributed by atoms with Gasteiger partial charge in [-0.2, -0.15) is 0 Å². The normalized spacial score (nSPS) is 42.6. The minimum absolute atomic E-state index is 0.677. The molecule has 4 aliphatic rings. The van der Waals surface area contributed by atoms with Crippen molar-refractivity contribution in [1.29, 1.82) is 0 Å². The maximum absolute atomic E-state index is 8.78. The quantitative estimate of drug-likeness (QED) is 0.459. The molecule has 4 fully saturated rings. The Balaban J connectivity index is 0.000000628. The Kier molecular flexibility index (Phi) is 8.07. The van der Waals surface area contributed by atoms with E-state index in [1.54, 1.807) is 51.4 Å². The molecule has 4 aliphatic carbocycles. The van der Waals surface area contributed by atoms with Crippen LogP contribution in [0.2, 0.25) is 0 Å². The zero-order valence-corrected chi connectivity index (χ0v) is 21.2. The van der Waals surface area contributed by atoms with Crippen LogP contribution in [0.3, 0.4) is 0 Å². The van der Waals surface area contributed by atoms with Gasteiger partial charge in [0.05, 0.1) is 0 Å². The number of rotatable bonds is 5. The molecular formula is C28H51NO2. The van der Waals surface area contributed by atoms with Gasteiger partial charge in [-0.1, -0.05) is 66.7 Å². The van der Waals surface area contributed by atoms with Crippen LogP contribution in [0.15, 0.2) is 0 Å². The molecule has 180 valence electrons. The third-order valence-corrected chi connectivity index (χ3v) is 10.8. The predicted octanol–water partition coefficient (Wildman–Crippen LogP) is 8.12. The number of carboxylic acid groups (broad SMARTS) is 1. The number of carbonyl (C=O) groups is 1. The fraction of sp³-hybridized carbons (Fsp3) is 0.964. The highest BCUT2D eigenvalue weighted by molar-refractivity contribution is 5.61. The van der Waals surface area contributed by atoms with E-state index in [4.69, 9.17) is 9.90 Å². The van der Waals surface area contributed by atoms with Gasteiger partial charge in [-0.3, -0.25) is 0 Å². The van der Waals surface area contributed by atoms with Gasteiger partial charge >= 0.3 is 6.09 Å². The minimum atomic E-state index is -1.33. The van der Waals surface area contributed by atoms with Crippen LogP contribution in [0.1, 0.15) is 118 Å². The first-order valence-electron chi connectivity index (χ1n) is 13.6. The largest absolute Gasteiger partial charge is 0.465 e. The van der Waals surface area contributed by atoms with E-state index < -0.39 is 6.09 Å². The highest BCUT2D eigenvalue weighted by Crippen LogP contribution is 2.68. The van der Waals surface area contributed by atoms with Crippen molar-refractivity contribution in [1.82, 2.24) is 0 Å². The molecule has 0 aromatic carbocycles. The van der Waals surface area contributed by atoms with Crippen molar-refractivity contribution in [3.8, 4) is 0 Å². The van der Waals surface area contributed by atoms with Crippen molar-refractivity contribution in [2.45, 2.75) is 118 Å². The summed E-state index contributed by atoms with van der Waals surface area (Å²) < 4.78 is 0. The van der Waals surface area contributed by atoms with E-state index in [1.807, 2.05) is 0 Å². The topological polar surface area (TPSA) is 63.3 Å². The second kappa shape index (κ2) is 10.0. The van der Waals surface area contributed by atoms with Crippen LogP contribution < -0.4 is 5.73 Å². The second-order valence-corrected chi connectivity index (χ2v) is 12.8. The van der Waals surface area contributed by atoms with Crippen LogP contribution in [-0.4, -0.2) is 11.2 Å². The number of amides is 1. The summed E-state index contributed by atoms with van der Waals surface area (Å²) in [6.07, 6.45) is 18.6. The summed E-state index contributed by atoms with van der Waals surface area (Å²) in [5.41, 5.74) is 5.42. The molecule has 8 atom stereocenters. The van der Waals surface area contributed by atoms with Crippen molar-refractivity contribution in [2.75, 3.05) is 0 Å². The van der Waals surface area contributed by atoms with Crippen molar-refractivity contribution in [3.63, 3.8) is 0 Å². The molecule has 0 aromatic rings. The lowest BCUT2D eigenvalue weighted by atomic mass is 9.44. The number of hydrogen-bond acceptors (Lipinski definition) is 1. The van der Waals surface area contributed by atoms with E-state index in [2.05, 4.69) is 40.4 Å². The number of fused-ring (bicyclic) bond motifs is 5. The third-order valence-electron chi connectivity index (χ3n) is 10.8. The standard InChI is InChI=1S/C27H48.CH3NO2/c1-19(2)9-8-10-20(3)23-14-15-24-22-13-12-21-11-6-7-17-26(21,4)25(22)16-18-27(23,24)5;2-1(3)4/h19-25H,6-18H2,1-5H3;2H2,(H,3,4)/t20?,21?,22-,23+,24-,25-,26-,27+;/m0./s1. The molecule has 3 heteroatoms. The average Bonchev–Trinajstić information content (AvgIpc) is 3.04. The molecular weight excluding hydrogens is 382 g/mol. The highest BCUT2D eigenvalue weighted by Gasteiger charge is 2.59. The summed E-state index contributed by atoms with van der Waals surface area (Å²) in [4.78, 5) is 8.78. The van der Waals surface area contributed by atoms with Crippen molar-refractivity contribution in [2.24, 2.45) is 58.0 Å². The Morgan fingerprint density at radius 3 is 2.26 bits per heavy atom. The first-order chi connectivity index (χ1) is 14.6. The van der Waals surface area contributed by atoms with Crippen LogP contribution in [0, 0.1) is 52.3 Å². The summed E-state index contributed by atoms with van der Waals surface area (Å²) in [5.74, 6) is 7.15. The lowest BCUT2D eigenvalue weighted by molar-refractivity contribution is -0.114. The average molecular weight is 434 g/mol. The van der Waals surface area contributed by atoms with E-state index in [9.17, 15) is 0 Å². The maximum atomic E-state index is 8.78. The molecule has 0 bridgehead atoms. The van der Waals surface area contributed by atoms with Crippen LogP contribution in [0.25, 0.3) is 0 Å². The smallest absolute Gasteiger partial charge is 0.402 e. The molecule has 1 amide bonds. The summed E-state index contributed by atoms with van der Waals surface area (Å²) in [5, 5.41) is 7.19. The van der Waals surface area contributed by atoms with Gasteiger partial charge in [0.1, 0.15) is 0 Å². The molecule has 0 aliphatic heterocycles. The minimum Gasteiger partial charge on any atom is -0.465 e. The Morgan fingerprint density at radius 1 is 0.903 bits per heavy atom. The molecule has 0 radical (unpaired) electrons. The van der Waals surface area contributed by atoms with Crippen molar-refractivity contribution < 1.29 is 9.90 Å². The fourth-order valence-electron chi connectivity index (χ4n) is 9.32. The van der Waals surface area contributed by atoms with Crippen LogP contribution in [0.4, 0.5) is 4.79 Å². The molecule has 0 aromatic heterocycles. The second-order valence-electron chi connectivity index (χ2n) is 12.8. The Labute approximate surface area is 192 Å². The van der Waals surface area contributed by atoms with Gasteiger partial charge in [0.15, 0.2) is 0 Å². The van der Waals surface area contributed by atoms with E-state index in [0.29, 0.717) is 10.8 Å². The Bertz CT molecular complexity index is 600. The number of hydrogen-bond donors (Lipinski definition) is 2. The van der Waals surface area contributed by atoms with Gasteiger partial charge in [-0.05, 0) is 104 Å². The van der Waals surface area contributed by atoms with Crippen LogP contribution in [0.5, 0.6) is 0 Å². The predicted molar refractivity (Wildman–Crippen MR) is 130 cm³/mol. The first kappa shape index (κ1) is 24.9. The van der Waals surface area contributed by atoms with E-state index >= 15 is 0 Å². The van der Waals surface area contributed by atoms with Gasteiger partial charge < -0.3 is 10.8 Å². The third kappa shape index (κ3) is 5.11. The Hall–Kier alpha value is -0.730. The van der Waals surface area contributed by atoms with E-state index in [1.165, 1.54) is 32.1 Å². The molecule has 31 heavy (non-hydrogen) atoms. The SMILES string of the molecule is CC(C)CCCC(C)[C@H]1CC[C@H]2[C@@H]3CCC4CCCC[C@]4(C)[C@H]3CC[C@]12C.NC(=O)O. The molecule has 4 saturated carbocycles. The lowest BCUT2D eigenvalue weighted by Gasteiger charge is -2.61. The van der Waals surface area contributed by atoms with Gasteiger partial charge in [-0.25, -0.2) is 4.79 Å². The molecule has 2 unspecified atom stereocenters. The van der Waals surface area contributed by atoms with Crippen LogP contribution in [-0.2, 0) is 0 Å². The molecule has 3 N–H and O–H groups in total. The Morgan fingerprint density at radius 2 is 1.58 bits per heavy atom. The van der Waals surface area contributed by atoms with Crippen LogP contribution >= 0.6 is 0 Å². The monoisotopic (exact) mass is 433 g/mol. The molecule has 4 rings (SSSR count). The number of nitrogens with two attached hydrogens (primary N) is 1.